The Labute approximate surface area is 162 Å². The lowest BCUT2D eigenvalue weighted by molar-refractivity contribution is 0.0933. The molecular formula is C21H21N3O2S. The highest BCUT2D eigenvalue weighted by Gasteiger charge is 2.22. The highest BCUT2D eigenvalue weighted by molar-refractivity contribution is 7.71. The third-order valence-electron chi connectivity index (χ3n) is 5.24. The Bertz CT molecular complexity index is 1150. The molecule has 138 valence electrons. The molecule has 1 amide bonds. The second-order valence-corrected chi connectivity index (χ2v) is 7.24. The van der Waals surface area contributed by atoms with Gasteiger partial charge in [0.25, 0.3) is 11.5 Å². The molecule has 1 atom stereocenters. The summed E-state index contributed by atoms with van der Waals surface area (Å²) < 4.78 is 1.88. The Hall–Kier alpha value is -2.73. The molecule has 6 heteroatoms. The fourth-order valence-electron chi connectivity index (χ4n) is 3.83. The van der Waals surface area contributed by atoms with Crippen LogP contribution in [0.5, 0.6) is 0 Å². The summed E-state index contributed by atoms with van der Waals surface area (Å²) in [5, 5.41) is 3.68. The van der Waals surface area contributed by atoms with E-state index in [9.17, 15) is 9.59 Å². The first-order chi connectivity index (χ1) is 13.1. The van der Waals surface area contributed by atoms with E-state index in [0.717, 1.165) is 19.3 Å². The van der Waals surface area contributed by atoms with Crippen molar-refractivity contribution in [1.82, 2.24) is 14.9 Å². The van der Waals surface area contributed by atoms with Gasteiger partial charge in [-0.3, -0.25) is 14.2 Å². The molecule has 4 rings (SSSR count). The second kappa shape index (κ2) is 7.12. The minimum atomic E-state index is -0.141. The second-order valence-electron chi connectivity index (χ2n) is 6.86. The van der Waals surface area contributed by atoms with Gasteiger partial charge in [-0.05, 0) is 67.7 Å². The summed E-state index contributed by atoms with van der Waals surface area (Å²) in [4.78, 5) is 28.4. The summed E-state index contributed by atoms with van der Waals surface area (Å²) in [5.41, 5.74) is 3.47. The molecule has 2 aromatic carbocycles. The van der Waals surface area contributed by atoms with E-state index in [-0.39, 0.29) is 17.5 Å². The topological polar surface area (TPSA) is 66.9 Å². The normalized spacial score (nSPS) is 16.1. The number of carbonyl (C=O) groups is 1. The lowest BCUT2D eigenvalue weighted by atomic mass is 9.87. The lowest BCUT2D eigenvalue weighted by Gasteiger charge is -2.26. The van der Waals surface area contributed by atoms with Gasteiger partial charge in [-0.2, -0.15) is 0 Å². The van der Waals surface area contributed by atoms with E-state index in [0.29, 0.717) is 27.8 Å². The van der Waals surface area contributed by atoms with Crippen LogP contribution in [0, 0.1) is 4.77 Å². The third kappa shape index (κ3) is 3.21. The molecule has 0 aliphatic heterocycles. The minimum Gasteiger partial charge on any atom is -0.345 e. The highest BCUT2D eigenvalue weighted by atomic mass is 32.1. The van der Waals surface area contributed by atoms with Gasteiger partial charge in [-0.25, -0.2) is 0 Å². The lowest BCUT2D eigenvalue weighted by Crippen LogP contribution is -2.31. The van der Waals surface area contributed by atoms with Gasteiger partial charge in [0.2, 0.25) is 0 Å². The number of amides is 1. The molecule has 27 heavy (non-hydrogen) atoms. The molecule has 0 radical (unpaired) electrons. The summed E-state index contributed by atoms with van der Waals surface area (Å²) >= 11 is 5.26. The van der Waals surface area contributed by atoms with Gasteiger partial charge in [-0.1, -0.05) is 24.3 Å². The zero-order chi connectivity index (χ0) is 19.0. The van der Waals surface area contributed by atoms with Crippen molar-refractivity contribution in [2.24, 2.45) is 0 Å². The van der Waals surface area contributed by atoms with Crippen LogP contribution in [0.1, 0.15) is 47.3 Å². The molecule has 0 bridgehead atoms. The van der Waals surface area contributed by atoms with Gasteiger partial charge >= 0.3 is 0 Å². The average molecular weight is 379 g/mol. The van der Waals surface area contributed by atoms with Crippen LogP contribution >= 0.6 is 12.2 Å². The van der Waals surface area contributed by atoms with E-state index in [2.05, 4.69) is 22.4 Å². The number of rotatable bonds is 3. The van der Waals surface area contributed by atoms with Gasteiger partial charge < -0.3 is 10.3 Å². The number of nitrogens with one attached hydrogen (secondary N) is 2. The van der Waals surface area contributed by atoms with Crippen molar-refractivity contribution in [2.75, 3.05) is 0 Å². The predicted octanol–water partition coefficient (Wildman–Crippen LogP) is 3.89. The quantitative estimate of drug-likeness (QED) is 0.679. The smallest absolute Gasteiger partial charge is 0.262 e. The Morgan fingerprint density at radius 1 is 1.30 bits per heavy atom. The Morgan fingerprint density at radius 3 is 2.93 bits per heavy atom. The van der Waals surface area contributed by atoms with Crippen molar-refractivity contribution in [3.8, 4) is 0 Å². The first kappa shape index (κ1) is 17.7. The van der Waals surface area contributed by atoms with Crippen molar-refractivity contribution in [3.63, 3.8) is 0 Å². The largest absolute Gasteiger partial charge is 0.345 e. The molecule has 2 N–H and O–H groups in total. The monoisotopic (exact) mass is 379 g/mol. The molecule has 5 nitrogen and oxygen atoms in total. The summed E-state index contributed by atoms with van der Waals surface area (Å²) in [6, 6.07) is 13.4. The molecular weight excluding hydrogens is 358 g/mol. The molecule has 1 heterocycles. The standard InChI is InChI=1S/C21H21N3O2S/c1-2-24-20(26)16-11-10-14(12-18(16)23-21(24)27)19(25)22-17-9-5-7-13-6-3-4-8-15(13)17/h3-4,6,8,10-12,17H,2,5,7,9H2,1H3,(H,22,25)(H,23,27)/t17-/m0/s1. The Balaban J connectivity index is 1.66. The molecule has 0 saturated heterocycles. The van der Waals surface area contributed by atoms with Crippen LogP contribution in [0.25, 0.3) is 10.9 Å². The van der Waals surface area contributed by atoms with Gasteiger partial charge in [-0.15, -0.1) is 0 Å². The Morgan fingerprint density at radius 2 is 2.11 bits per heavy atom. The van der Waals surface area contributed by atoms with E-state index in [1.807, 2.05) is 19.1 Å². The maximum Gasteiger partial charge on any atom is 0.262 e. The predicted molar refractivity (Wildman–Crippen MR) is 109 cm³/mol. The summed E-state index contributed by atoms with van der Waals surface area (Å²) in [7, 11) is 0. The number of hydrogen-bond donors (Lipinski definition) is 2. The highest BCUT2D eigenvalue weighted by Crippen LogP contribution is 2.29. The number of H-pyrrole nitrogens is 1. The number of fused-ring (bicyclic) bond motifs is 2. The molecule has 1 aliphatic rings. The van der Waals surface area contributed by atoms with Gasteiger partial charge in [0.15, 0.2) is 4.77 Å². The van der Waals surface area contributed by atoms with Crippen LogP contribution in [0.15, 0.2) is 47.3 Å². The van der Waals surface area contributed by atoms with Crippen LogP contribution in [0.2, 0.25) is 0 Å². The maximum absolute atomic E-state index is 12.8. The number of benzene rings is 2. The minimum absolute atomic E-state index is 0.0183. The van der Waals surface area contributed by atoms with Crippen LogP contribution in [-0.2, 0) is 13.0 Å². The molecule has 1 aliphatic carbocycles. The summed E-state index contributed by atoms with van der Waals surface area (Å²) in [5.74, 6) is -0.141. The summed E-state index contributed by atoms with van der Waals surface area (Å²) in [6.07, 6.45) is 3.04. The van der Waals surface area contributed by atoms with Gasteiger partial charge in [0.1, 0.15) is 0 Å². The van der Waals surface area contributed by atoms with E-state index in [4.69, 9.17) is 12.2 Å². The fourth-order valence-corrected chi connectivity index (χ4v) is 4.15. The van der Waals surface area contributed by atoms with Crippen LogP contribution in [0.3, 0.4) is 0 Å². The van der Waals surface area contributed by atoms with Crippen LogP contribution < -0.4 is 10.9 Å². The van der Waals surface area contributed by atoms with Crippen LogP contribution in [-0.4, -0.2) is 15.5 Å². The van der Waals surface area contributed by atoms with E-state index >= 15 is 0 Å². The molecule has 1 aromatic heterocycles. The third-order valence-corrected chi connectivity index (χ3v) is 5.56. The SMILES string of the molecule is CCn1c(=S)[nH]c2cc(C(=O)N[C@H]3CCCc4ccccc43)ccc2c1=O. The zero-order valence-electron chi connectivity index (χ0n) is 15.1. The first-order valence-corrected chi connectivity index (χ1v) is 9.65. The van der Waals surface area contributed by atoms with Gasteiger partial charge in [0.05, 0.1) is 16.9 Å². The molecule has 0 saturated carbocycles. The van der Waals surface area contributed by atoms with Crippen molar-refractivity contribution in [1.29, 1.82) is 0 Å². The van der Waals surface area contributed by atoms with Crippen molar-refractivity contribution in [3.05, 3.63) is 74.3 Å². The van der Waals surface area contributed by atoms with E-state index in [1.54, 1.807) is 18.2 Å². The number of hydrogen-bond acceptors (Lipinski definition) is 3. The molecule has 0 spiro atoms. The molecule has 3 aromatic rings. The molecule has 0 fully saturated rings. The number of aryl methyl sites for hydroxylation is 1. The summed E-state index contributed by atoms with van der Waals surface area (Å²) in [6.45, 7) is 2.38. The average Bonchev–Trinajstić information content (AvgIpc) is 2.68. The molecule has 0 unspecified atom stereocenters. The number of aromatic amines is 1. The Kier molecular flexibility index (Phi) is 4.66. The van der Waals surface area contributed by atoms with Crippen molar-refractivity contribution >= 4 is 29.0 Å². The first-order valence-electron chi connectivity index (χ1n) is 9.24. The maximum atomic E-state index is 12.8. The van der Waals surface area contributed by atoms with E-state index in [1.165, 1.54) is 15.7 Å². The fraction of sp³-hybridized carbons (Fsp3) is 0.286. The van der Waals surface area contributed by atoms with E-state index < -0.39 is 0 Å². The van der Waals surface area contributed by atoms with Crippen LogP contribution in [0.4, 0.5) is 0 Å². The zero-order valence-corrected chi connectivity index (χ0v) is 15.9. The number of carbonyl (C=O) groups excluding carboxylic acids is 1. The number of nitrogens with zero attached hydrogens (tertiary/aromatic N) is 1. The van der Waals surface area contributed by atoms with Gasteiger partial charge in [0, 0.05) is 12.1 Å². The van der Waals surface area contributed by atoms with Crippen molar-refractivity contribution in [2.45, 2.75) is 38.8 Å². The van der Waals surface area contributed by atoms with Crippen molar-refractivity contribution < 1.29 is 4.79 Å². The number of aromatic nitrogens is 2.